The van der Waals surface area contributed by atoms with Crippen LogP contribution in [0.2, 0.25) is 5.02 Å². The van der Waals surface area contributed by atoms with Crippen molar-refractivity contribution in [2.75, 3.05) is 11.9 Å². The van der Waals surface area contributed by atoms with E-state index in [2.05, 4.69) is 10.0 Å². The maximum absolute atomic E-state index is 13.5. The van der Waals surface area contributed by atoms with E-state index in [4.69, 9.17) is 16.3 Å². The molecule has 0 aliphatic heterocycles. The fourth-order valence-corrected chi connectivity index (χ4v) is 5.29. The number of nitrogens with one attached hydrogen (secondary N) is 2. The van der Waals surface area contributed by atoms with Crippen LogP contribution in [0.1, 0.15) is 43.4 Å². The van der Waals surface area contributed by atoms with Gasteiger partial charge in [0.1, 0.15) is 11.8 Å². The number of amides is 1. The van der Waals surface area contributed by atoms with Gasteiger partial charge in [0, 0.05) is 5.69 Å². The Morgan fingerprint density at radius 1 is 1.03 bits per heavy atom. The van der Waals surface area contributed by atoms with E-state index in [1.165, 1.54) is 18.2 Å². The van der Waals surface area contributed by atoms with E-state index in [9.17, 15) is 13.2 Å². The van der Waals surface area contributed by atoms with Crippen LogP contribution in [0.4, 0.5) is 5.69 Å². The Morgan fingerprint density at radius 2 is 1.74 bits per heavy atom. The minimum absolute atomic E-state index is 0.0458. The smallest absolute Gasteiger partial charge is 0.242 e. The molecule has 2 N–H and O–H groups in total. The molecule has 0 saturated carbocycles. The molecule has 0 aromatic heterocycles. The molecule has 3 aromatic carbocycles. The van der Waals surface area contributed by atoms with Gasteiger partial charge in [-0.2, -0.15) is 4.72 Å². The standard InChI is InChI=1S/C27H31ClN2O4S/c1-5-34-25-15-14-21(17-23(25)28)35(32,33)30-24(16-20-11-7-6-8-12-20)27(31)29-26-19(4)10-9-13-22(26)18(2)3/h6-15,17-18,24,30H,5,16H2,1-4H3,(H,29,31). The summed E-state index contributed by atoms with van der Waals surface area (Å²) in [6.07, 6.45) is 0.180. The molecule has 1 atom stereocenters. The highest BCUT2D eigenvalue weighted by Gasteiger charge is 2.28. The van der Waals surface area contributed by atoms with Gasteiger partial charge >= 0.3 is 0 Å². The van der Waals surface area contributed by atoms with Crippen LogP contribution in [0.15, 0.2) is 71.6 Å². The molecule has 0 radical (unpaired) electrons. The lowest BCUT2D eigenvalue weighted by Crippen LogP contribution is -2.45. The molecular formula is C27H31ClN2O4S. The fraction of sp³-hybridized carbons (Fsp3) is 0.296. The zero-order chi connectivity index (χ0) is 25.6. The van der Waals surface area contributed by atoms with Gasteiger partial charge in [0.2, 0.25) is 15.9 Å². The highest BCUT2D eigenvalue weighted by molar-refractivity contribution is 7.89. The van der Waals surface area contributed by atoms with Gasteiger partial charge in [0.05, 0.1) is 16.5 Å². The van der Waals surface area contributed by atoms with E-state index < -0.39 is 22.0 Å². The van der Waals surface area contributed by atoms with E-state index in [1.54, 1.807) is 0 Å². The molecular weight excluding hydrogens is 484 g/mol. The van der Waals surface area contributed by atoms with Gasteiger partial charge in [0.25, 0.3) is 0 Å². The summed E-state index contributed by atoms with van der Waals surface area (Å²) < 4.78 is 34.5. The largest absolute Gasteiger partial charge is 0.492 e. The van der Waals surface area contributed by atoms with Crippen molar-refractivity contribution < 1.29 is 17.9 Å². The zero-order valence-electron chi connectivity index (χ0n) is 20.3. The number of para-hydroxylation sites is 1. The quantitative estimate of drug-likeness (QED) is 0.363. The van der Waals surface area contributed by atoms with Gasteiger partial charge in [-0.25, -0.2) is 8.42 Å². The molecule has 35 heavy (non-hydrogen) atoms. The molecule has 0 heterocycles. The summed E-state index contributed by atoms with van der Waals surface area (Å²) in [6, 6.07) is 18.3. The lowest BCUT2D eigenvalue weighted by atomic mass is 9.97. The van der Waals surface area contributed by atoms with Crippen molar-refractivity contribution in [2.24, 2.45) is 0 Å². The van der Waals surface area contributed by atoms with Crippen LogP contribution in [-0.2, 0) is 21.2 Å². The first-order valence-electron chi connectivity index (χ1n) is 11.5. The predicted molar refractivity (Wildman–Crippen MR) is 141 cm³/mol. The van der Waals surface area contributed by atoms with E-state index in [1.807, 2.05) is 76.2 Å². The number of rotatable bonds is 10. The van der Waals surface area contributed by atoms with Gasteiger partial charge in [-0.3, -0.25) is 4.79 Å². The topological polar surface area (TPSA) is 84.5 Å². The lowest BCUT2D eigenvalue weighted by molar-refractivity contribution is -0.117. The third-order valence-corrected chi connectivity index (χ3v) is 7.35. The van der Waals surface area contributed by atoms with E-state index in [-0.39, 0.29) is 22.3 Å². The SMILES string of the molecule is CCOc1ccc(S(=O)(=O)NC(Cc2ccccc2)C(=O)Nc2c(C)cccc2C(C)C)cc1Cl. The molecule has 0 aliphatic rings. The summed E-state index contributed by atoms with van der Waals surface area (Å²) in [7, 11) is -4.06. The fourth-order valence-electron chi connectivity index (χ4n) is 3.77. The van der Waals surface area contributed by atoms with Crippen LogP contribution in [-0.4, -0.2) is 27.0 Å². The van der Waals surface area contributed by atoms with Crippen molar-refractivity contribution in [3.05, 3.63) is 88.4 Å². The Bertz CT molecular complexity index is 1280. The molecule has 6 nitrogen and oxygen atoms in total. The zero-order valence-corrected chi connectivity index (χ0v) is 21.9. The number of anilines is 1. The first-order valence-corrected chi connectivity index (χ1v) is 13.4. The third-order valence-electron chi connectivity index (χ3n) is 5.59. The molecule has 1 unspecified atom stereocenters. The summed E-state index contributed by atoms with van der Waals surface area (Å²) in [6.45, 7) is 8.23. The molecule has 186 valence electrons. The second kappa shape index (κ2) is 11.7. The average Bonchev–Trinajstić information content (AvgIpc) is 2.81. The minimum Gasteiger partial charge on any atom is -0.492 e. The van der Waals surface area contributed by atoms with Crippen LogP contribution in [0.25, 0.3) is 0 Å². The number of hydrogen-bond acceptors (Lipinski definition) is 4. The highest BCUT2D eigenvalue weighted by atomic mass is 35.5. The number of carbonyl (C=O) groups is 1. The van der Waals surface area contributed by atoms with Gasteiger partial charge in [0.15, 0.2) is 0 Å². The molecule has 3 aromatic rings. The molecule has 3 rings (SSSR count). The maximum atomic E-state index is 13.5. The van der Waals surface area contributed by atoms with Crippen molar-refractivity contribution in [2.45, 2.75) is 51.0 Å². The van der Waals surface area contributed by atoms with E-state index in [0.29, 0.717) is 18.0 Å². The number of halogens is 1. The third kappa shape index (κ3) is 6.84. The van der Waals surface area contributed by atoms with Crippen LogP contribution in [0.5, 0.6) is 5.75 Å². The number of hydrogen-bond donors (Lipinski definition) is 2. The van der Waals surface area contributed by atoms with Crippen molar-refractivity contribution in [3.63, 3.8) is 0 Å². The van der Waals surface area contributed by atoms with Crippen molar-refractivity contribution in [1.82, 2.24) is 4.72 Å². The van der Waals surface area contributed by atoms with E-state index >= 15 is 0 Å². The second-order valence-corrected chi connectivity index (χ2v) is 10.7. The van der Waals surface area contributed by atoms with Gasteiger partial charge in [-0.05, 0) is 61.1 Å². The Kier molecular flexibility index (Phi) is 8.94. The number of benzene rings is 3. The average molecular weight is 515 g/mol. The van der Waals surface area contributed by atoms with Crippen molar-refractivity contribution in [3.8, 4) is 5.75 Å². The van der Waals surface area contributed by atoms with Crippen molar-refractivity contribution >= 4 is 33.2 Å². The number of aryl methyl sites for hydroxylation is 1. The Morgan fingerprint density at radius 3 is 2.37 bits per heavy atom. The molecule has 0 fully saturated rings. The number of sulfonamides is 1. The Labute approximate surface area is 212 Å². The van der Waals surface area contributed by atoms with E-state index in [0.717, 1.165) is 16.7 Å². The molecule has 0 aliphatic carbocycles. The van der Waals surface area contributed by atoms with Gasteiger partial charge in [-0.1, -0.05) is 74.0 Å². The van der Waals surface area contributed by atoms with Gasteiger partial charge < -0.3 is 10.1 Å². The minimum atomic E-state index is -4.06. The maximum Gasteiger partial charge on any atom is 0.242 e. The van der Waals surface area contributed by atoms with Gasteiger partial charge in [-0.15, -0.1) is 0 Å². The number of ether oxygens (including phenoxy) is 1. The van der Waals surface area contributed by atoms with Crippen LogP contribution >= 0.6 is 11.6 Å². The summed E-state index contributed by atoms with van der Waals surface area (Å²) in [5, 5.41) is 3.16. The summed E-state index contributed by atoms with van der Waals surface area (Å²) >= 11 is 6.22. The predicted octanol–water partition coefficient (Wildman–Crippen LogP) is 5.70. The molecule has 8 heteroatoms. The summed E-state index contributed by atoms with van der Waals surface area (Å²) in [4.78, 5) is 13.4. The summed E-state index contributed by atoms with van der Waals surface area (Å²) in [5.41, 5.74) is 3.42. The molecule has 1 amide bonds. The Hall–Kier alpha value is -2.87. The van der Waals surface area contributed by atoms with Crippen LogP contribution in [0.3, 0.4) is 0 Å². The normalized spacial score (nSPS) is 12.4. The Balaban J connectivity index is 1.93. The first-order chi connectivity index (χ1) is 16.6. The van der Waals surface area contributed by atoms with Crippen LogP contribution in [0, 0.1) is 6.92 Å². The van der Waals surface area contributed by atoms with Crippen LogP contribution < -0.4 is 14.8 Å². The van der Waals surface area contributed by atoms with Crippen molar-refractivity contribution in [1.29, 1.82) is 0 Å². The molecule has 0 saturated heterocycles. The number of carbonyl (C=O) groups excluding carboxylic acids is 1. The monoisotopic (exact) mass is 514 g/mol. The molecule has 0 bridgehead atoms. The second-order valence-electron chi connectivity index (χ2n) is 8.57. The highest BCUT2D eigenvalue weighted by Crippen LogP contribution is 2.29. The first kappa shape index (κ1) is 26.7. The lowest BCUT2D eigenvalue weighted by Gasteiger charge is -2.22. The summed E-state index contributed by atoms with van der Waals surface area (Å²) in [5.74, 6) is 0.138. The molecule has 0 spiro atoms.